The van der Waals surface area contributed by atoms with Gasteiger partial charge in [-0.15, -0.1) is 0 Å². The molecule has 0 bridgehead atoms. The van der Waals surface area contributed by atoms with Crippen LogP contribution >= 0.6 is 0 Å². The van der Waals surface area contributed by atoms with Crippen molar-refractivity contribution in [3.63, 3.8) is 0 Å². The largest absolute Gasteiger partial charge is 0.497 e. The Bertz CT molecular complexity index is 543. The van der Waals surface area contributed by atoms with E-state index in [0.29, 0.717) is 19.5 Å². The first-order chi connectivity index (χ1) is 10.0. The van der Waals surface area contributed by atoms with Crippen LogP contribution in [0.2, 0.25) is 0 Å². The van der Waals surface area contributed by atoms with Crippen LogP contribution in [0.1, 0.15) is 31.7 Å². The Morgan fingerprint density at radius 1 is 1.29 bits per heavy atom. The standard InChI is InChI=1S/C15H24N2O3S/c1-13-5-3-4-12-17(13)21(18,19)16-11-10-14-6-8-15(20-2)9-7-14/h6-9,13,16H,3-5,10-12H2,1-2H3/t13-/m0/s1. The van der Waals surface area contributed by atoms with Gasteiger partial charge >= 0.3 is 0 Å². The van der Waals surface area contributed by atoms with Crippen LogP contribution in [0, 0.1) is 0 Å². The van der Waals surface area contributed by atoms with Crippen LogP contribution in [0.4, 0.5) is 0 Å². The van der Waals surface area contributed by atoms with Crippen LogP contribution < -0.4 is 9.46 Å². The Balaban J connectivity index is 1.86. The van der Waals surface area contributed by atoms with Crippen molar-refractivity contribution in [2.75, 3.05) is 20.2 Å². The van der Waals surface area contributed by atoms with Gasteiger partial charge in [0.2, 0.25) is 0 Å². The molecule has 1 aliphatic rings. The number of benzene rings is 1. The van der Waals surface area contributed by atoms with Gasteiger partial charge in [0, 0.05) is 19.1 Å². The highest BCUT2D eigenvalue weighted by Gasteiger charge is 2.28. The van der Waals surface area contributed by atoms with E-state index in [1.165, 1.54) is 0 Å². The van der Waals surface area contributed by atoms with Crippen molar-refractivity contribution >= 4 is 10.2 Å². The summed E-state index contributed by atoms with van der Waals surface area (Å²) in [6.45, 7) is 3.01. The molecule has 0 spiro atoms. The molecule has 0 unspecified atom stereocenters. The molecular weight excluding hydrogens is 288 g/mol. The Morgan fingerprint density at radius 2 is 2.00 bits per heavy atom. The van der Waals surface area contributed by atoms with Crippen molar-refractivity contribution in [2.45, 2.75) is 38.6 Å². The predicted molar refractivity (Wildman–Crippen MR) is 83.6 cm³/mol. The topological polar surface area (TPSA) is 58.6 Å². The van der Waals surface area contributed by atoms with E-state index in [-0.39, 0.29) is 6.04 Å². The summed E-state index contributed by atoms with van der Waals surface area (Å²) in [6, 6.07) is 7.78. The van der Waals surface area contributed by atoms with Crippen LogP contribution in [0.25, 0.3) is 0 Å². The monoisotopic (exact) mass is 312 g/mol. The van der Waals surface area contributed by atoms with Gasteiger partial charge in [-0.1, -0.05) is 18.6 Å². The molecule has 1 fully saturated rings. The third kappa shape index (κ3) is 4.43. The number of hydrogen-bond acceptors (Lipinski definition) is 3. The minimum absolute atomic E-state index is 0.0947. The van der Waals surface area contributed by atoms with E-state index in [1.807, 2.05) is 31.2 Å². The highest BCUT2D eigenvalue weighted by Crippen LogP contribution is 2.19. The molecular formula is C15H24N2O3S. The first-order valence-corrected chi connectivity index (χ1v) is 8.86. The van der Waals surface area contributed by atoms with Gasteiger partial charge in [-0.25, -0.2) is 4.72 Å². The predicted octanol–water partition coefficient (Wildman–Crippen LogP) is 1.95. The van der Waals surface area contributed by atoms with E-state index in [0.717, 1.165) is 30.6 Å². The molecule has 0 aromatic heterocycles. The SMILES string of the molecule is COc1ccc(CCNS(=O)(=O)N2CCCC[C@@H]2C)cc1. The van der Waals surface area contributed by atoms with Crippen molar-refractivity contribution < 1.29 is 13.2 Å². The fourth-order valence-electron chi connectivity index (χ4n) is 2.63. The third-order valence-corrected chi connectivity index (χ3v) is 5.64. The lowest BCUT2D eigenvalue weighted by molar-refractivity contribution is 0.265. The molecule has 2 rings (SSSR count). The maximum Gasteiger partial charge on any atom is 0.279 e. The highest BCUT2D eigenvalue weighted by molar-refractivity contribution is 7.87. The van der Waals surface area contributed by atoms with E-state index < -0.39 is 10.2 Å². The van der Waals surface area contributed by atoms with Gasteiger partial charge in [0.05, 0.1) is 7.11 Å². The van der Waals surface area contributed by atoms with E-state index in [4.69, 9.17) is 4.74 Å². The van der Waals surface area contributed by atoms with Crippen LogP contribution in [0.3, 0.4) is 0 Å². The van der Waals surface area contributed by atoms with Crippen molar-refractivity contribution in [2.24, 2.45) is 0 Å². The molecule has 1 aliphatic heterocycles. The lowest BCUT2D eigenvalue weighted by Gasteiger charge is -2.32. The van der Waals surface area contributed by atoms with Crippen LogP contribution in [-0.2, 0) is 16.6 Å². The second-order valence-corrected chi connectivity index (χ2v) is 7.16. The van der Waals surface area contributed by atoms with E-state index in [1.54, 1.807) is 11.4 Å². The zero-order valence-electron chi connectivity index (χ0n) is 12.7. The fraction of sp³-hybridized carbons (Fsp3) is 0.600. The van der Waals surface area contributed by atoms with E-state index >= 15 is 0 Å². The van der Waals surface area contributed by atoms with Crippen molar-refractivity contribution in [1.82, 2.24) is 9.03 Å². The number of piperidine rings is 1. The number of rotatable bonds is 6. The lowest BCUT2D eigenvalue weighted by atomic mass is 10.1. The quantitative estimate of drug-likeness (QED) is 0.873. The van der Waals surface area contributed by atoms with E-state index in [9.17, 15) is 8.42 Å². The van der Waals surface area contributed by atoms with E-state index in [2.05, 4.69) is 4.72 Å². The summed E-state index contributed by atoms with van der Waals surface area (Å²) in [5.74, 6) is 0.807. The summed E-state index contributed by atoms with van der Waals surface area (Å²) >= 11 is 0. The average Bonchev–Trinajstić information content (AvgIpc) is 2.48. The number of nitrogens with one attached hydrogen (secondary N) is 1. The van der Waals surface area contributed by atoms with Crippen LogP contribution in [0.5, 0.6) is 5.75 Å². The summed E-state index contributed by atoms with van der Waals surface area (Å²) in [5, 5.41) is 0. The lowest BCUT2D eigenvalue weighted by Crippen LogP contribution is -2.48. The first-order valence-electron chi connectivity index (χ1n) is 7.42. The van der Waals surface area contributed by atoms with Gasteiger partial charge in [0.15, 0.2) is 0 Å². The maximum absolute atomic E-state index is 12.3. The minimum atomic E-state index is -3.36. The average molecular weight is 312 g/mol. The number of ether oxygens (including phenoxy) is 1. The van der Waals surface area contributed by atoms with Crippen molar-refractivity contribution in [3.05, 3.63) is 29.8 Å². The molecule has 6 heteroatoms. The Labute approximate surface area is 127 Å². The smallest absolute Gasteiger partial charge is 0.279 e. The summed E-state index contributed by atoms with van der Waals surface area (Å²) < 4.78 is 34.0. The van der Waals surface area contributed by atoms with Gasteiger partial charge in [-0.2, -0.15) is 12.7 Å². The number of methoxy groups -OCH3 is 1. The summed E-state index contributed by atoms with van der Waals surface area (Å²) in [4.78, 5) is 0. The second-order valence-electron chi connectivity index (χ2n) is 5.45. The molecule has 1 N–H and O–H groups in total. The Morgan fingerprint density at radius 3 is 2.62 bits per heavy atom. The van der Waals surface area contributed by atoms with Gasteiger partial charge < -0.3 is 4.74 Å². The molecule has 0 amide bonds. The molecule has 1 saturated heterocycles. The van der Waals surface area contributed by atoms with Crippen molar-refractivity contribution in [3.8, 4) is 5.75 Å². The van der Waals surface area contributed by atoms with Gasteiger partial charge in [0.25, 0.3) is 10.2 Å². The Hall–Kier alpha value is -1.11. The number of nitrogens with zero attached hydrogens (tertiary/aromatic N) is 1. The normalized spacial score (nSPS) is 20.4. The molecule has 5 nitrogen and oxygen atoms in total. The summed E-state index contributed by atoms with van der Waals surface area (Å²) in [7, 11) is -1.73. The fourth-order valence-corrected chi connectivity index (χ4v) is 4.10. The van der Waals surface area contributed by atoms with Crippen LogP contribution in [0.15, 0.2) is 24.3 Å². The molecule has 1 aromatic rings. The molecule has 0 radical (unpaired) electrons. The molecule has 0 aliphatic carbocycles. The summed E-state index contributed by atoms with van der Waals surface area (Å²) in [5.41, 5.74) is 1.09. The summed E-state index contributed by atoms with van der Waals surface area (Å²) in [6.07, 6.45) is 3.67. The van der Waals surface area contributed by atoms with Crippen molar-refractivity contribution in [1.29, 1.82) is 0 Å². The molecule has 21 heavy (non-hydrogen) atoms. The maximum atomic E-state index is 12.3. The first kappa shape index (κ1) is 16.3. The molecule has 0 saturated carbocycles. The zero-order chi connectivity index (χ0) is 15.3. The van der Waals surface area contributed by atoms with Gasteiger partial charge in [-0.05, 0) is 43.9 Å². The highest BCUT2D eigenvalue weighted by atomic mass is 32.2. The molecule has 118 valence electrons. The second kappa shape index (κ2) is 7.24. The number of hydrogen-bond donors (Lipinski definition) is 1. The van der Waals surface area contributed by atoms with Gasteiger partial charge in [0.1, 0.15) is 5.75 Å². The van der Waals surface area contributed by atoms with Gasteiger partial charge in [-0.3, -0.25) is 0 Å². The third-order valence-electron chi connectivity index (χ3n) is 3.91. The van der Waals surface area contributed by atoms with Crippen LogP contribution in [-0.4, -0.2) is 39.0 Å². The Kier molecular flexibility index (Phi) is 5.61. The molecule has 1 heterocycles. The molecule has 1 aromatic carbocycles. The molecule has 1 atom stereocenters. The minimum Gasteiger partial charge on any atom is -0.497 e. The zero-order valence-corrected chi connectivity index (χ0v) is 13.5.